The van der Waals surface area contributed by atoms with Crippen molar-refractivity contribution in [2.45, 2.75) is 43.9 Å². The van der Waals surface area contributed by atoms with E-state index in [9.17, 15) is 4.79 Å². The number of para-hydroxylation sites is 1. The fourth-order valence-electron chi connectivity index (χ4n) is 6.94. The van der Waals surface area contributed by atoms with Gasteiger partial charge in [-0.1, -0.05) is 24.3 Å². The molecule has 1 N–H and O–H groups in total. The molecule has 4 aliphatic carbocycles. The van der Waals surface area contributed by atoms with Crippen LogP contribution in [0.25, 0.3) is 5.69 Å². The van der Waals surface area contributed by atoms with Gasteiger partial charge >= 0.3 is 0 Å². The largest absolute Gasteiger partial charge is 0.497 e. The molecule has 0 saturated heterocycles. The van der Waals surface area contributed by atoms with Crippen LogP contribution in [0.3, 0.4) is 0 Å². The molecule has 164 valence electrons. The molecule has 0 radical (unpaired) electrons. The molecule has 5 nitrogen and oxygen atoms in total. The highest BCUT2D eigenvalue weighted by Gasteiger charge is 2.53. The van der Waals surface area contributed by atoms with E-state index >= 15 is 0 Å². The van der Waals surface area contributed by atoms with Crippen molar-refractivity contribution in [1.29, 1.82) is 0 Å². The van der Waals surface area contributed by atoms with E-state index in [4.69, 9.17) is 9.84 Å². The van der Waals surface area contributed by atoms with Crippen LogP contribution in [0, 0.1) is 17.8 Å². The highest BCUT2D eigenvalue weighted by molar-refractivity contribution is 6.05. The molecular weight excluding hydrogens is 398 g/mol. The van der Waals surface area contributed by atoms with E-state index in [1.54, 1.807) is 7.11 Å². The van der Waals surface area contributed by atoms with E-state index in [-0.39, 0.29) is 11.3 Å². The number of nitrogens with one attached hydrogen (secondary N) is 1. The van der Waals surface area contributed by atoms with Gasteiger partial charge in [0.25, 0.3) is 5.91 Å². The van der Waals surface area contributed by atoms with Crippen molar-refractivity contribution >= 4 is 11.6 Å². The highest BCUT2D eigenvalue weighted by atomic mass is 16.5. The maximum Gasteiger partial charge on any atom is 0.259 e. The van der Waals surface area contributed by atoms with Crippen LogP contribution in [0.15, 0.2) is 60.8 Å². The number of ether oxygens (including phenoxy) is 1. The summed E-state index contributed by atoms with van der Waals surface area (Å²) in [6, 6.07) is 17.6. The molecule has 4 saturated carbocycles. The van der Waals surface area contributed by atoms with Crippen molar-refractivity contribution in [3.05, 3.63) is 72.1 Å². The van der Waals surface area contributed by atoms with Gasteiger partial charge in [0.1, 0.15) is 5.75 Å². The Morgan fingerprint density at radius 1 is 1.00 bits per heavy atom. The van der Waals surface area contributed by atoms with Gasteiger partial charge in [0.2, 0.25) is 0 Å². The Kier molecular flexibility index (Phi) is 4.60. The molecule has 1 amide bonds. The summed E-state index contributed by atoms with van der Waals surface area (Å²) >= 11 is 0. The molecule has 3 aromatic rings. The van der Waals surface area contributed by atoms with E-state index in [0.29, 0.717) is 5.56 Å². The smallest absolute Gasteiger partial charge is 0.259 e. The molecule has 2 aromatic carbocycles. The summed E-state index contributed by atoms with van der Waals surface area (Å²) in [5, 5.41) is 8.20. The van der Waals surface area contributed by atoms with Crippen LogP contribution in [0.1, 0.15) is 54.6 Å². The molecule has 1 aromatic heterocycles. The van der Waals surface area contributed by atoms with E-state index in [0.717, 1.165) is 40.6 Å². The lowest BCUT2D eigenvalue weighted by atomic mass is 9.48. The van der Waals surface area contributed by atoms with Crippen LogP contribution in [0.2, 0.25) is 0 Å². The van der Waals surface area contributed by atoms with Gasteiger partial charge in [-0.15, -0.1) is 0 Å². The van der Waals surface area contributed by atoms with Crippen LogP contribution < -0.4 is 10.1 Å². The van der Waals surface area contributed by atoms with Crippen molar-refractivity contribution in [3.8, 4) is 11.4 Å². The van der Waals surface area contributed by atoms with E-state index in [1.165, 1.54) is 38.5 Å². The van der Waals surface area contributed by atoms with Gasteiger partial charge in [-0.2, -0.15) is 5.10 Å². The quantitative estimate of drug-likeness (QED) is 0.577. The zero-order valence-electron chi connectivity index (χ0n) is 18.5. The standard InChI is InChI=1S/C27H29N3O2/c1-32-23-9-5-6-21(13-23)28-26(31)24-17-30(22-7-3-2-4-8-22)29-25(24)27-14-18-10-19(15-27)12-20(11-18)16-27/h2-9,13,17-20H,10-12,14-16H2,1H3,(H,28,31). The second-order valence-electron chi connectivity index (χ2n) is 10.1. The average Bonchev–Trinajstić information content (AvgIpc) is 3.26. The fourth-order valence-corrected chi connectivity index (χ4v) is 6.94. The van der Waals surface area contributed by atoms with Crippen LogP contribution in [-0.2, 0) is 5.41 Å². The minimum Gasteiger partial charge on any atom is -0.497 e. The van der Waals surface area contributed by atoms with Crippen molar-refractivity contribution in [2.75, 3.05) is 12.4 Å². The number of amides is 1. The number of rotatable bonds is 5. The van der Waals surface area contributed by atoms with Gasteiger partial charge in [0, 0.05) is 23.4 Å². The lowest BCUT2D eigenvalue weighted by Gasteiger charge is -2.56. The van der Waals surface area contributed by atoms with Crippen molar-refractivity contribution in [2.24, 2.45) is 17.8 Å². The Morgan fingerprint density at radius 2 is 1.69 bits per heavy atom. The summed E-state index contributed by atoms with van der Waals surface area (Å²) in [6.07, 6.45) is 9.54. The van der Waals surface area contributed by atoms with Gasteiger partial charge in [0.15, 0.2) is 0 Å². The van der Waals surface area contributed by atoms with E-state index in [2.05, 4.69) is 5.32 Å². The first-order chi connectivity index (χ1) is 15.6. The van der Waals surface area contributed by atoms with Gasteiger partial charge in [0.05, 0.1) is 24.1 Å². The minimum atomic E-state index is -0.0915. The summed E-state index contributed by atoms with van der Waals surface area (Å²) in [5.41, 5.74) is 3.46. The van der Waals surface area contributed by atoms with E-state index < -0.39 is 0 Å². The number of hydrogen-bond acceptors (Lipinski definition) is 3. The summed E-state index contributed by atoms with van der Waals surface area (Å²) in [4.78, 5) is 13.6. The van der Waals surface area contributed by atoms with Crippen LogP contribution in [0.4, 0.5) is 5.69 Å². The second kappa shape index (κ2) is 7.51. The van der Waals surface area contributed by atoms with Gasteiger partial charge in [-0.3, -0.25) is 4.79 Å². The number of methoxy groups -OCH3 is 1. The molecule has 0 unspecified atom stereocenters. The fraction of sp³-hybridized carbons (Fsp3) is 0.407. The lowest BCUT2D eigenvalue weighted by molar-refractivity contribution is -0.00765. The molecule has 5 heteroatoms. The van der Waals surface area contributed by atoms with Crippen molar-refractivity contribution < 1.29 is 9.53 Å². The topological polar surface area (TPSA) is 56.1 Å². The van der Waals surface area contributed by atoms with Crippen molar-refractivity contribution in [1.82, 2.24) is 9.78 Å². The lowest BCUT2D eigenvalue weighted by Crippen LogP contribution is -2.49. The molecule has 0 spiro atoms. The zero-order chi connectivity index (χ0) is 21.7. The molecule has 0 aliphatic heterocycles. The Bertz CT molecular complexity index is 1120. The zero-order valence-corrected chi connectivity index (χ0v) is 18.5. The molecular formula is C27H29N3O2. The predicted octanol–water partition coefficient (Wildman–Crippen LogP) is 5.60. The SMILES string of the molecule is COc1cccc(NC(=O)c2cn(-c3ccccc3)nc2C23CC4CC(CC(C4)C2)C3)c1. The molecule has 4 aliphatic rings. The third-order valence-electron chi connectivity index (χ3n) is 7.85. The molecule has 32 heavy (non-hydrogen) atoms. The van der Waals surface area contributed by atoms with Crippen LogP contribution >= 0.6 is 0 Å². The number of carbonyl (C=O) groups excluding carboxylic acids is 1. The second-order valence-corrected chi connectivity index (χ2v) is 10.1. The summed E-state index contributed by atoms with van der Waals surface area (Å²) in [7, 11) is 1.63. The Morgan fingerprint density at radius 3 is 2.34 bits per heavy atom. The molecule has 4 bridgehead atoms. The van der Waals surface area contributed by atoms with E-state index in [1.807, 2.05) is 65.5 Å². The number of anilines is 1. The number of carbonyl (C=O) groups is 1. The summed E-state index contributed by atoms with van der Waals surface area (Å²) < 4.78 is 7.22. The minimum absolute atomic E-state index is 0.0375. The van der Waals surface area contributed by atoms with Crippen molar-refractivity contribution in [3.63, 3.8) is 0 Å². The number of hydrogen-bond donors (Lipinski definition) is 1. The predicted molar refractivity (Wildman–Crippen MR) is 124 cm³/mol. The molecule has 1 heterocycles. The van der Waals surface area contributed by atoms with Gasteiger partial charge in [-0.25, -0.2) is 4.68 Å². The number of benzene rings is 2. The third-order valence-corrected chi connectivity index (χ3v) is 7.85. The van der Waals surface area contributed by atoms with Gasteiger partial charge in [-0.05, 0) is 80.5 Å². The normalized spacial score (nSPS) is 28.0. The molecule has 0 atom stereocenters. The molecule has 4 fully saturated rings. The maximum atomic E-state index is 13.6. The molecule has 7 rings (SSSR count). The average molecular weight is 428 g/mol. The number of nitrogens with zero attached hydrogens (tertiary/aromatic N) is 2. The number of aromatic nitrogens is 2. The maximum absolute atomic E-state index is 13.6. The first-order valence-corrected chi connectivity index (χ1v) is 11.7. The first kappa shape index (κ1) is 19.6. The van der Waals surface area contributed by atoms with Crippen LogP contribution in [-0.4, -0.2) is 22.8 Å². The Hall–Kier alpha value is -3.08. The summed E-state index contributed by atoms with van der Waals surface area (Å²) in [5.74, 6) is 3.00. The van der Waals surface area contributed by atoms with Gasteiger partial charge < -0.3 is 10.1 Å². The summed E-state index contributed by atoms with van der Waals surface area (Å²) in [6.45, 7) is 0. The first-order valence-electron chi connectivity index (χ1n) is 11.7. The third kappa shape index (κ3) is 3.31. The highest BCUT2D eigenvalue weighted by Crippen LogP contribution is 2.60. The van der Waals surface area contributed by atoms with Crippen LogP contribution in [0.5, 0.6) is 5.75 Å². The monoisotopic (exact) mass is 427 g/mol. The Labute approximate surface area is 188 Å². The Balaban J connectivity index is 1.41.